The second-order valence-electron chi connectivity index (χ2n) is 7.78. The summed E-state index contributed by atoms with van der Waals surface area (Å²) in [5.74, 6) is -1.34. The number of halogens is 1. The third kappa shape index (κ3) is 4.68. The van der Waals surface area contributed by atoms with E-state index in [1.54, 1.807) is 51.1 Å². The third-order valence-electron chi connectivity index (χ3n) is 4.34. The van der Waals surface area contributed by atoms with Crippen LogP contribution in [0, 0.1) is 0 Å². The van der Waals surface area contributed by atoms with Crippen molar-refractivity contribution in [1.29, 1.82) is 0 Å². The van der Waals surface area contributed by atoms with Gasteiger partial charge >= 0.3 is 12.1 Å². The molecule has 1 aromatic carbocycles. The lowest BCUT2D eigenvalue weighted by atomic mass is 9.85. The number of likely N-dealkylation sites (tertiary alicyclic amines) is 1. The molecule has 1 aliphatic heterocycles. The Balaban J connectivity index is 2.47. The first-order valence-electron chi connectivity index (χ1n) is 8.49. The van der Waals surface area contributed by atoms with Crippen LogP contribution in [-0.4, -0.2) is 52.0 Å². The van der Waals surface area contributed by atoms with Gasteiger partial charge in [-0.3, -0.25) is 4.90 Å². The first-order chi connectivity index (χ1) is 12.5. The zero-order valence-corrected chi connectivity index (χ0v) is 15.6. The molecule has 0 aromatic heterocycles. The second kappa shape index (κ2) is 7.44. The van der Waals surface area contributed by atoms with E-state index in [4.69, 9.17) is 10.3 Å². The molecule has 2 atom stereocenters. The summed E-state index contributed by atoms with van der Waals surface area (Å²) < 4.78 is 20.6. The van der Waals surface area contributed by atoms with Crippen molar-refractivity contribution in [2.75, 3.05) is 13.1 Å². The molecule has 2 rings (SSSR count). The van der Waals surface area contributed by atoms with E-state index in [2.05, 4.69) is 10.0 Å². The topological polar surface area (TPSA) is 116 Å². The lowest BCUT2D eigenvalue weighted by Gasteiger charge is -2.35. The molecule has 27 heavy (non-hydrogen) atoms. The molecule has 1 aliphatic rings. The molecular formula is C18H23FN4O4. The Labute approximate surface area is 156 Å². The summed E-state index contributed by atoms with van der Waals surface area (Å²) in [4.78, 5) is 28.4. The van der Waals surface area contributed by atoms with Crippen molar-refractivity contribution in [2.24, 2.45) is 5.11 Å². The summed E-state index contributed by atoms with van der Waals surface area (Å²) in [6, 6.07) is 8.67. The fourth-order valence-electron chi connectivity index (χ4n) is 3.29. The number of ether oxygens (including phenoxy) is 1. The molecule has 1 amide bonds. The van der Waals surface area contributed by atoms with Crippen LogP contribution < -0.4 is 0 Å². The van der Waals surface area contributed by atoms with Crippen LogP contribution in [0.4, 0.5) is 9.18 Å². The largest absolute Gasteiger partial charge is 0.479 e. The molecule has 1 fully saturated rings. The molecule has 1 aromatic rings. The van der Waals surface area contributed by atoms with Gasteiger partial charge in [-0.25, -0.2) is 14.0 Å². The van der Waals surface area contributed by atoms with Crippen molar-refractivity contribution in [2.45, 2.75) is 50.4 Å². The maximum Gasteiger partial charge on any atom is 0.411 e. The van der Waals surface area contributed by atoms with Crippen molar-refractivity contribution < 1.29 is 23.8 Å². The summed E-state index contributed by atoms with van der Waals surface area (Å²) in [6.45, 7) is 3.84. The molecular weight excluding hydrogens is 355 g/mol. The lowest BCUT2D eigenvalue weighted by Crippen LogP contribution is -2.55. The lowest BCUT2D eigenvalue weighted by molar-refractivity contribution is -0.149. The molecule has 0 radical (unpaired) electrons. The van der Waals surface area contributed by atoms with Gasteiger partial charge in [-0.2, -0.15) is 0 Å². The van der Waals surface area contributed by atoms with Gasteiger partial charge in [0.25, 0.3) is 0 Å². The zero-order valence-electron chi connectivity index (χ0n) is 15.6. The van der Waals surface area contributed by atoms with Crippen LogP contribution in [0.15, 0.2) is 35.4 Å². The molecule has 1 heterocycles. The fourth-order valence-corrected chi connectivity index (χ4v) is 3.29. The number of rotatable bonds is 5. The quantitative estimate of drug-likeness (QED) is 0.477. The monoisotopic (exact) mass is 378 g/mol. The van der Waals surface area contributed by atoms with Crippen molar-refractivity contribution in [3.63, 3.8) is 0 Å². The van der Waals surface area contributed by atoms with Gasteiger partial charge in [0.15, 0.2) is 5.54 Å². The molecule has 146 valence electrons. The molecule has 0 unspecified atom stereocenters. The number of aliphatic carboxylic acids is 1. The molecule has 1 N–H and O–H groups in total. The van der Waals surface area contributed by atoms with Gasteiger partial charge in [-0.1, -0.05) is 35.4 Å². The Morgan fingerprint density at radius 3 is 2.52 bits per heavy atom. The summed E-state index contributed by atoms with van der Waals surface area (Å²) in [5.41, 5.74) is 4.28. The smallest absolute Gasteiger partial charge is 0.411 e. The highest BCUT2D eigenvalue weighted by Crippen LogP contribution is 2.42. The number of azide groups is 1. The summed E-state index contributed by atoms with van der Waals surface area (Å²) >= 11 is 0. The van der Waals surface area contributed by atoms with Crippen LogP contribution in [0.3, 0.4) is 0 Å². The van der Waals surface area contributed by atoms with Crippen molar-refractivity contribution in [3.8, 4) is 0 Å². The van der Waals surface area contributed by atoms with Crippen molar-refractivity contribution >= 4 is 12.1 Å². The number of benzene rings is 1. The number of hydrogen-bond donors (Lipinski definition) is 1. The van der Waals surface area contributed by atoms with Crippen LogP contribution in [0.2, 0.25) is 0 Å². The normalized spacial score (nSPS) is 25.0. The number of alkyl halides is 1. The SMILES string of the molecule is CC(C)(C)OC(=O)N1C[C@@](F)(CN=[N+]=[N-])C[C@@]1(Cc1ccccc1)C(=O)O. The zero-order chi connectivity index (χ0) is 20.3. The van der Waals surface area contributed by atoms with Crippen LogP contribution in [-0.2, 0) is 16.0 Å². The number of carboxylic acids is 1. The molecule has 0 aliphatic carbocycles. The predicted octanol–water partition coefficient (Wildman–Crippen LogP) is 3.71. The fraction of sp³-hybridized carbons (Fsp3) is 0.556. The molecule has 1 saturated heterocycles. The van der Waals surface area contributed by atoms with Gasteiger partial charge in [-0.05, 0) is 31.9 Å². The predicted molar refractivity (Wildman–Crippen MR) is 95.9 cm³/mol. The van der Waals surface area contributed by atoms with E-state index in [1.165, 1.54) is 0 Å². The number of carboxylic acid groups (broad SMARTS) is 1. The number of nitrogens with zero attached hydrogens (tertiary/aromatic N) is 4. The Kier molecular flexibility index (Phi) is 5.65. The highest BCUT2D eigenvalue weighted by Gasteiger charge is 2.60. The summed E-state index contributed by atoms with van der Waals surface area (Å²) in [6.07, 6.45) is -1.51. The maximum atomic E-state index is 15.3. The van der Waals surface area contributed by atoms with E-state index >= 15 is 4.39 Å². The standard InChI is InChI=1S/C18H23FN4O4/c1-16(2,3)27-15(26)23-12-17(19,11-21-22-20)10-18(23,14(24)25)9-13-7-5-4-6-8-13/h4-8H,9-12H2,1-3H3,(H,24,25)/t17-,18-/m0/s1. The summed E-state index contributed by atoms with van der Waals surface area (Å²) in [7, 11) is 0. The Bertz CT molecular complexity index is 760. The number of carbonyl (C=O) groups excluding carboxylic acids is 1. The van der Waals surface area contributed by atoms with E-state index in [-0.39, 0.29) is 6.42 Å². The molecule has 9 heteroatoms. The van der Waals surface area contributed by atoms with Crippen LogP contribution in [0.5, 0.6) is 0 Å². The first-order valence-corrected chi connectivity index (χ1v) is 8.49. The van der Waals surface area contributed by atoms with E-state index in [9.17, 15) is 14.7 Å². The van der Waals surface area contributed by atoms with Crippen LogP contribution in [0.25, 0.3) is 10.4 Å². The van der Waals surface area contributed by atoms with E-state index in [0.29, 0.717) is 5.56 Å². The highest BCUT2D eigenvalue weighted by molar-refractivity contribution is 5.86. The number of hydrogen-bond acceptors (Lipinski definition) is 4. The average molecular weight is 378 g/mol. The van der Waals surface area contributed by atoms with Crippen molar-refractivity contribution in [1.82, 2.24) is 4.90 Å². The molecule has 8 nitrogen and oxygen atoms in total. The van der Waals surface area contributed by atoms with Gasteiger partial charge in [0, 0.05) is 17.8 Å². The van der Waals surface area contributed by atoms with Crippen molar-refractivity contribution in [3.05, 3.63) is 46.3 Å². The highest BCUT2D eigenvalue weighted by atomic mass is 19.1. The second-order valence-corrected chi connectivity index (χ2v) is 7.78. The first kappa shape index (κ1) is 20.5. The minimum atomic E-state index is -2.16. The number of amides is 1. The van der Waals surface area contributed by atoms with E-state index in [0.717, 1.165) is 4.90 Å². The summed E-state index contributed by atoms with van der Waals surface area (Å²) in [5, 5.41) is 13.2. The van der Waals surface area contributed by atoms with Gasteiger partial charge in [0.1, 0.15) is 11.3 Å². The van der Waals surface area contributed by atoms with Crippen LogP contribution >= 0.6 is 0 Å². The maximum absolute atomic E-state index is 15.3. The Morgan fingerprint density at radius 1 is 1.37 bits per heavy atom. The Morgan fingerprint density at radius 2 is 2.00 bits per heavy atom. The van der Waals surface area contributed by atoms with Gasteiger partial charge in [-0.15, -0.1) is 0 Å². The van der Waals surface area contributed by atoms with Gasteiger partial charge < -0.3 is 9.84 Å². The average Bonchev–Trinajstić information content (AvgIpc) is 2.87. The van der Waals surface area contributed by atoms with E-state index in [1.807, 2.05) is 0 Å². The molecule has 0 spiro atoms. The minimum Gasteiger partial charge on any atom is -0.479 e. The van der Waals surface area contributed by atoms with Gasteiger partial charge in [0.2, 0.25) is 0 Å². The molecule has 0 bridgehead atoms. The van der Waals surface area contributed by atoms with Gasteiger partial charge in [0.05, 0.1) is 13.1 Å². The molecule has 0 saturated carbocycles. The third-order valence-corrected chi connectivity index (χ3v) is 4.34. The Hall–Kier alpha value is -2.80. The minimum absolute atomic E-state index is 0.0929. The van der Waals surface area contributed by atoms with E-state index < -0.39 is 48.4 Å². The number of carbonyl (C=O) groups is 2. The van der Waals surface area contributed by atoms with Crippen LogP contribution in [0.1, 0.15) is 32.8 Å².